The standard InChI is InChI=1S/C23H37N3O3S/c1-6-10-18-13-17(14-21(28-4)22(18)29-5)16-25-23(24-7-2)26-19-11-9-12-20(15-19)30(27)8-3/h6,13-14,19-20H,1,7-12,15-16H2,2-5H3,(H2,24,25,26). The van der Waals surface area contributed by atoms with Crippen LogP contribution in [0.4, 0.5) is 0 Å². The summed E-state index contributed by atoms with van der Waals surface area (Å²) in [6.45, 7) is 9.22. The highest BCUT2D eigenvalue weighted by Gasteiger charge is 2.26. The van der Waals surface area contributed by atoms with Crippen LogP contribution in [0.1, 0.15) is 50.7 Å². The second-order valence-corrected chi connectivity index (χ2v) is 9.48. The first-order valence-electron chi connectivity index (χ1n) is 10.8. The van der Waals surface area contributed by atoms with Gasteiger partial charge in [-0.05, 0) is 50.3 Å². The van der Waals surface area contributed by atoms with Crippen molar-refractivity contribution in [3.8, 4) is 11.5 Å². The maximum atomic E-state index is 12.2. The van der Waals surface area contributed by atoms with Crippen molar-refractivity contribution in [1.29, 1.82) is 0 Å². The number of guanidine groups is 1. The third-order valence-electron chi connectivity index (χ3n) is 5.37. The van der Waals surface area contributed by atoms with Crippen molar-refractivity contribution >= 4 is 16.8 Å². The van der Waals surface area contributed by atoms with Crippen molar-refractivity contribution in [1.82, 2.24) is 10.6 Å². The largest absolute Gasteiger partial charge is 0.493 e. The Hall–Kier alpha value is -2.02. The molecule has 0 heterocycles. The van der Waals surface area contributed by atoms with Gasteiger partial charge >= 0.3 is 0 Å². The zero-order valence-electron chi connectivity index (χ0n) is 18.8. The number of ether oxygens (including phenoxy) is 2. The van der Waals surface area contributed by atoms with E-state index in [1.54, 1.807) is 14.2 Å². The average molecular weight is 436 g/mol. The van der Waals surface area contributed by atoms with Crippen LogP contribution in [0, 0.1) is 0 Å². The predicted octanol–water partition coefficient (Wildman–Crippen LogP) is 3.57. The van der Waals surface area contributed by atoms with Crippen LogP contribution in [0.15, 0.2) is 29.8 Å². The van der Waals surface area contributed by atoms with Gasteiger partial charge in [0.25, 0.3) is 0 Å². The van der Waals surface area contributed by atoms with Crippen LogP contribution in [0.25, 0.3) is 0 Å². The molecule has 6 nitrogen and oxygen atoms in total. The fraction of sp³-hybridized carbons (Fsp3) is 0.609. The van der Waals surface area contributed by atoms with Crippen molar-refractivity contribution in [3.05, 3.63) is 35.9 Å². The normalized spacial score (nSPS) is 20.3. The lowest BCUT2D eigenvalue weighted by molar-refractivity contribution is 0.352. The van der Waals surface area contributed by atoms with Crippen LogP contribution in [0.3, 0.4) is 0 Å². The molecule has 0 saturated heterocycles. The Kier molecular flexibility index (Phi) is 10.2. The number of benzene rings is 1. The quantitative estimate of drug-likeness (QED) is 0.334. The van der Waals surface area contributed by atoms with Crippen LogP contribution < -0.4 is 20.1 Å². The minimum atomic E-state index is -0.732. The third-order valence-corrected chi connectivity index (χ3v) is 7.11. The maximum absolute atomic E-state index is 12.2. The van der Waals surface area contributed by atoms with Gasteiger partial charge in [0.1, 0.15) is 0 Å². The van der Waals surface area contributed by atoms with Crippen LogP contribution in [0.5, 0.6) is 11.5 Å². The molecule has 0 spiro atoms. The lowest BCUT2D eigenvalue weighted by Gasteiger charge is -2.30. The Labute approximate surface area is 184 Å². The molecular formula is C23H37N3O3S. The Morgan fingerprint density at radius 3 is 2.73 bits per heavy atom. The number of methoxy groups -OCH3 is 2. The van der Waals surface area contributed by atoms with Gasteiger partial charge in [-0.25, -0.2) is 4.99 Å². The van der Waals surface area contributed by atoms with Gasteiger partial charge in [0.15, 0.2) is 17.5 Å². The van der Waals surface area contributed by atoms with Crippen molar-refractivity contribution in [3.63, 3.8) is 0 Å². The van der Waals surface area contributed by atoms with Gasteiger partial charge in [-0.15, -0.1) is 6.58 Å². The molecule has 2 rings (SSSR count). The molecule has 0 bridgehead atoms. The number of nitrogens with zero attached hydrogens (tertiary/aromatic N) is 1. The van der Waals surface area contributed by atoms with E-state index >= 15 is 0 Å². The molecule has 1 aliphatic rings. The van der Waals surface area contributed by atoms with E-state index in [1.807, 2.05) is 19.1 Å². The van der Waals surface area contributed by atoms with Gasteiger partial charge in [0.05, 0.1) is 20.8 Å². The van der Waals surface area contributed by atoms with Gasteiger partial charge in [0, 0.05) is 40.0 Å². The van der Waals surface area contributed by atoms with E-state index in [4.69, 9.17) is 14.5 Å². The predicted molar refractivity (Wildman–Crippen MR) is 126 cm³/mol. The molecule has 0 radical (unpaired) electrons. The number of allylic oxidation sites excluding steroid dienone is 1. The molecule has 1 fully saturated rings. The number of hydrogen-bond acceptors (Lipinski definition) is 4. The fourth-order valence-corrected chi connectivity index (χ4v) is 5.29. The summed E-state index contributed by atoms with van der Waals surface area (Å²) >= 11 is 0. The first kappa shape index (κ1) is 24.3. The highest BCUT2D eigenvalue weighted by Crippen LogP contribution is 2.33. The molecule has 3 unspecified atom stereocenters. The summed E-state index contributed by atoms with van der Waals surface area (Å²) in [5.41, 5.74) is 2.09. The minimum Gasteiger partial charge on any atom is -0.493 e. The highest BCUT2D eigenvalue weighted by molar-refractivity contribution is 7.85. The van der Waals surface area contributed by atoms with Gasteiger partial charge in [-0.1, -0.05) is 19.4 Å². The van der Waals surface area contributed by atoms with Gasteiger partial charge in [-0.2, -0.15) is 0 Å². The lowest BCUT2D eigenvalue weighted by atomic mass is 9.95. The summed E-state index contributed by atoms with van der Waals surface area (Å²) in [4.78, 5) is 4.80. The molecule has 1 aromatic rings. The van der Waals surface area contributed by atoms with Gasteiger partial charge in [0.2, 0.25) is 0 Å². The Morgan fingerprint density at radius 1 is 1.30 bits per heavy atom. The lowest BCUT2D eigenvalue weighted by Crippen LogP contribution is -2.46. The molecule has 3 atom stereocenters. The van der Waals surface area contributed by atoms with Crippen molar-refractivity contribution in [2.75, 3.05) is 26.5 Å². The molecule has 1 saturated carbocycles. The zero-order chi connectivity index (χ0) is 21.9. The van der Waals surface area contributed by atoms with Crippen LogP contribution in [0.2, 0.25) is 0 Å². The fourth-order valence-electron chi connectivity index (χ4n) is 3.94. The van der Waals surface area contributed by atoms with E-state index in [1.165, 1.54) is 0 Å². The molecule has 1 aromatic carbocycles. The number of rotatable bonds is 10. The summed E-state index contributed by atoms with van der Waals surface area (Å²) in [6, 6.07) is 4.37. The summed E-state index contributed by atoms with van der Waals surface area (Å²) in [6.07, 6.45) is 6.74. The number of nitrogens with one attached hydrogen (secondary N) is 2. The van der Waals surface area contributed by atoms with E-state index in [0.717, 1.165) is 60.8 Å². The maximum Gasteiger partial charge on any atom is 0.191 e. The Balaban J connectivity index is 2.14. The van der Waals surface area contributed by atoms with E-state index in [9.17, 15) is 4.21 Å². The van der Waals surface area contributed by atoms with Crippen LogP contribution in [-0.4, -0.2) is 48.0 Å². The second kappa shape index (κ2) is 12.6. The monoisotopic (exact) mass is 435 g/mol. The average Bonchev–Trinajstić information content (AvgIpc) is 2.77. The van der Waals surface area contributed by atoms with Crippen molar-refractivity contribution < 1.29 is 13.7 Å². The molecule has 1 aliphatic carbocycles. The van der Waals surface area contributed by atoms with Crippen LogP contribution >= 0.6 is 0 Å². The second-order valence-electron chi connectivity index (χ2n) is 7.48. The summed E-state index contributed by atoms with van der Waals surface area (Å²) in [5.74, 6) is 2.98. The molecule has 0 aliphatic heterocycles. The van der Waals surface area contributed by atoms with E-state index in [0.29, 0.717) is 24.8 Å². The Bertz CT molecular complexity index is 751. The van der Waals surface area contributed by atoms with E-state index in [-0.39, 0.29) is 5.25 Å². The topological polar surface area (TPSA) is 72.0 Å². The Morgan fingerprint density at radius 2 is 2.10 bits per heavy atom. The summed E-state index contributed by atoms with van der Waals surface area (Å²) in [5, 5.41) is 7.19. The first-order chi connectivity index (χ1) is 14.6. The third kappa shape index (κ3) is 6.76. The summed E-state index contributed by atoms with van der Waals surface area (Å²) in [7, 11) is 2.57. The SMILES string of the molecule is C=CCc1cc(CN=C(NCC)NC2CCCC(S(=O)CC)C2)cc(OC)c1OC. The highest BCUT2D eigenvalue weighted by atomic mass is 32.2. The van der Waals surface area contributed by atoms with Crippen molar-refractivity contribution in [2.45, 2.75) is 63.8 Å². The summed E-state index contributed by atoms with van der Waals surface area (Å²) < 4.78 is 23.3. The van der Waals surface area contributed by atoms with Gasteiger partial charge in [-0.3, -0.25) is 4.21 Å². The molecule has 2 N–H and O–H groups in total. The molecular weight excluding hydrogens is 398 g/mol. The van der Waals surface area contributed by atoms with E-state index in [2.05, 4.69) is 30.2 Å². The molecule has 7 heteroatoms. The molecule has 168 valence electrons. The first-order valence-corrected chi connectivity index (χ1v) is 12.2. The van der Waals surface area contributed by atoms with Gasteiger partial charge < -0.3 is 20.1 Å². The number of aliphatic imine (C=N–C) groups is 1. The smallest absolute Gasteiger partial charge is 0.191 e. The van der Waals surface area contributed by atoms with Crippen LogP contribution in [-0.2, 0) is 23.8 Å². The number of hydrogen-bond donors (Lipinski definition) is 2. The molecule has 30 heavy (non-hydrogen) atoms. The zero-order valence-corrected chi connectivity index (χ0v) is 19.6. The molecule has 0 aromatic heterocycles. The minimum absolute atomic E-state index is 0.288. The molecule has 0 amide bonds. The van der Waals surface area contributed by atoms with E-state index < -0.39 is 10.8 Å². The van der Waals surface area contributed by atoms with Crippen molar-refractivity contribution in [2.24, 2.45) is 4.99 Å².